The largest absolute Gasteiger partial charge is 0.367 e. The van der Waals surface area contributed by atoms with Crippen molar-refractivity contribution >= 4 is 5.78 Å². The Bertz CT molecular complexity index is 131. The van der Waals surface area contributed by atoms with Crippen LogP contribution in [0, 0.1) is 5.92 Å². The molecule has 1 heterocycles. The Hall–Kier alpha value is -0.370. The van der Waals surface area contributed by atoms with E-state index in [4.69, 9.17) is 4.74 Å². The lowest BCUT2D eigenvalue weighted by Gasteiger charge is -2.03. The highest BCUT2D eigenvalue weighted by molar-refractivity contribution is 5.86. The number of hydrogen-bond donors (Lipinski definition) is 0. The van der Waals surface area contributed by atoms with Gasteiger partial charge in [0.25, 0.3) is 0 Å². The Balaban J connectivity index is 2.65. The van der Waals surface area contributed by atoms with Gasteiger partial charge in [-0.25, -0.2) is 0 Å². The Morgan fingerprint density at radius 2 is 1.89 bits per heavy atom. The van der Waals surface area contributed by atoms with Gasteiger partial charge in [-0.3, -0.25) is 4.79 Å². The molecule has 1 saturated heterocycles. The van der Waals surface area contributed by atoms with Gasteiger partial charge in [-0.1, -0.05) is 6.92 Å². The molecular formula is C7H12O2. The number of carbonyl (C=O) groups is 1. The van der Waals surface area contributed by atoms with Gasteiger partial charge in [0.1, 0.15) is 6.10 Å². The Morgan fingerprint density at radius 1 is 1.33 bits per heavy atom. The summed E-state index contributed by atoms with van der Waals surface area (Å²) in [5, 5.41) is 0. The van der Waals surface area contributed by atoms with Gasteiger partial charge in [-0.05, 0) is 13.8 Å². The highest BCUT2D eigenvalue weighted by Gasteiger charge is 2.34. The molecule has 1 aliphatic heterocycles. The SMILES string of the molecule is CC1OC(C)C(C)C1=O. The molecule has 0 radical (unpaired) electrons. The van der Waals surface area contributed by atoms with Crippen molar-refractivity contribution in [3.8, 4) is 0 Å². The van der Waals surface area contributed by atoms with Crippen LogP contribution in [0.4, 0.5) is 0 Å². The summed E-state index contributed by atoms with van der Waals surface area (Å²) in [7, 11) is 0. The zero-order valence-electron chi connectivity index (χ0n) is 6.05. The van der Waals surface area contributed by atoms with E-state index in [9.17, 15) is 4.79 Å². The van der Waals surface area contributed by atoms with Crippen molar-refractivity contribution in [2.24, 2.45) is 5.92 Å². The molecule has 0 spiro atoms. The molecule has 0 bridgehead atoms. The Labute approximate surface area is 55.2 Å². The molecule has 0 N–H and O–H groups in total. The second-order valence-electron chi connectivity index (χ2n) is 2.67. The molecule has 1 aliphatic rings. The first-order valence-electron chi connectivity index (χ1n) is 3.32. The smallest absolute Gasteiger partial charge is 0.166 e. The fraction of sp³-hybridized carbons (Fsp3) is 0.857. The molecule has 0 amide bonds. The van der Waals surface area contributed by atoms with Crippen LogP contribution in [-0.2, 0) is 9.53 Å². The molecule has 2 nitrogen and oxygen atoms in total. The normalized spacial score (nSPS) is 43.9. The number of Topliss-reactive ketones (excluding diaryl/α,β-unsaturated/α-hetero) is 1. The second kappa shape index (κ2) is 2.10. The topological polar surface area (TPSA) is 26.3 Å². The molecule has 1 fully saturated rings. The summed E-state index contributed by atoms with van der Waals surface area (Å²) < 4.78 is 5.24. The van der Waals surface area contributed by atoms with Crippen molar-refractivity contribution in [3.05, 3.63) is 0 Å². The average Bonchev–Trinajstić information content (AvgIpc) is 1.98. The predicted octanol–water partition coefficient (Wildman–Crippen LogP) is 0.999. The summed E-state index contributed by atoms with van der Waals surface area (Å²) in [5.74, 6) is 0.336. The third-order valence-corrected chi connectivity index (χ3v) is 1.97. The maximum atomic E-state index is 11.0. The molecule has 0 aromatic carbocycles. The molecule has 9 heavy (non-hydrogen) atoms. The van der Waals surface area contributed by atoms with E-state index in [1.54, 1.807) is 0 Å². The van der Waals surface area contributed by atoms with Crippen LogP contribution < -0.4 is 0 Å². The van der Waals surface area contributed by atoms with Crippen molar-refractivity contribution in [2.45, 2.75) is 33.0 Å². The molecule has 2 heteroatoms. The highest BCUT2D eigenvalue weighted by Crippen LogP contribution is 2.21. The highest BCUT2D eigenvalue weighted by atomic mass is 16.5. The van der Waals surface area contributed by atoms with Crippen LogP contribution in [-0.4, -0.2) is 18.0 Å². The second-order valence-corrected chi connectivity index (χ2v) is 2.67. The van der Waals surface area contributed by atoms with Gasteiger partial charge in [0.2, 0.25) is 0 Å². The molecule has 0 aromatic heterocycles. The van der Waals surface area contributed by atoms with Crippen LogP contribution in [0.15, 0.2) is 0 Å². The van der Waals surface area contributed by atoms with Crippen LogP contribution >= 0.6 is 0 Å². The molecule has 0 saturated carbocycles. The first kappa shape index (κ1) is 6.75. The lowest BCUT2D eigenvalue weighted by Crippen LogP contribution is -2.15. The van der Waals surface area contributed by atoms with Crippen LogP contribution in [0.1, 0.15) is 20.8 Å². The summed E-state index contributed by atoms with van der Waals surface area (Å²) in [6.45, 7) is 5.66. The van der Waals surface area contributed by atoms with E-state index in [2.05, 4.69) is 0 Å². The predicted molar refractivity (Wildman–Crippen MR) is 34.2 cm³/mol. The molecule has 52 valence electrons. The van der Waals surface area contributed by atoms with Gasteiger partial charge in [0, 0.05) is 5.92 Å². The lowest BCUT2D eigenvalue weighted by molar-refractivity contribution is -0.123. The van der Waals surface area contributed by atoms with Crippen molar-refractivity contribution in [1.82, 2.24) is 0 Å². The third kappa shape index (κ3) is 0.990. The summed E-state index contributed by atoms with van der Waals surface area (Å²) in [6.07, 6.45) is -0.0532. The average molecular weight is 128 g/mol. The maximum absolute atomic E-state index is 11.0. The summed E-state index contributed by atoms with van der Waals surface area (Å²) in [5.41, 5.74) is 0. The molecular weight excluding hydrogens is 116 g/mol. The van der Waals surface area contributed by atoms with Crippen LogP contribution in [0.25, 0.3) is 0 Å². The summed E-state index contributed by atoms with van der Waals surface area (Å²) >= 11 is 0. The van der Waals surface area contributed by atoms with Crippen molar-refractivity contribution in [2.75, 3.05) is 0 Å². The number of hydrogen-bond acceptors (Lipinski definition) is 2. The van der Waals surface area contributed by atoms with E-state index >= 15 is 0 Å². The van der Waals surface area contributed by atoms with Crippen molar-refractivity contribution < 1.29 is 9.53 Å². The third-order valence-electron chi connectivity index (χ3n) is 1.97. The fourth-order valence-electron chi connectivity index (χ4n) is 1.11. The maximum Gasteiger partial charge on any atom is 0.166 e. The van der Waals surface area contributed by atoms with Crippen LogP contribution in [0.5, 0.6) is 0 Å². The van der Waals surface area contributed by atoms with Gasteiger partial charge in [0.15, 0.2) is 5.78 Å². The first-order chi connectivity index (χ1) is 4.13. The molecule has 0 aromatic rings. The van der Waals surface area contributed by atoms with E-state index in [1.165, 1.54) is 0 Å². The standard InChI is InChI=1S/C7H12O2/c1-4-5(2)9-6(3)7(4)8/h4-6H,1-3H3. The van der Waals surface area contributed by atoms with Gasteiger partial charge in [-0.2, -0.15) is 0 Å². The monoisotopic (exact) mass is 128 g/mol. The molecule has 3 unspecified atom stereocenters. The summed E-state index contributed by atoms with van der Waals surface area (Å²) in [6, 6.07) is 0. The number of rotatable bonds is 0. The lowest BCUT2D eigenvalue weighted by atomic mass is 10.0. The van der Waals surface area contributed by atoms with E-state index < -0.39 is 0 Å². The van der Waals surface area contributed by atoms with Crippen LogP contribution in [0.2, 0.25) is 0 Å². The Morgan fingerprint density at radius 3 is 2.00 bits per heavy atom. The minimum atomic E-state index is -0.171. The van der Waals surface area contributed by atoms with E-state index in [1.807, 2.05) is 20.8 Å². The molecule has 3 atom stereocenters. The van der Waals surface area contributed by atoms with E-state index in [0.29, 0.717) is 0 Å². The van der Waals surface area contributed by atoms with Crippen molar-refractivity contribution in [1.29, 1.82) is 0 Å². The molecule has 0 aliphatic carbocycles. The minimum Gasteiger partial charge on any atom is -0.367 e. The van der Waals surface area contributed by atoms with Gasteiger partial charge in [0.05, 0.1) is 6.10 Å². The first-order valence-corrected chi connectivity index (χ1v) is 3.32. The molecule has 1 rings (SSSR count). The zero-order valence-corrected chi connectivity index (χ0v) is 6.05. The van der Waals surface area contributed by atoms with E-state index in [0.717, 1.165) is 0 Å². The number of ketones is 1. The summed E-state index contributed by atoms with van der Waals surface area (Å²) in [4.78, 5) is 11.0. The quantitative estimate of drug-likeness (QED) is 0.486. The Kier molecular flexibility index (Phi) is 1.58. The fourth-order valence-corrected chi connectivity index (χ4v) is 1.11. The van der Waals surface area contributed by atoms with Gasteiger partial charge < -0.3 is 4.74 Å². The van der Waals surface area contributed by atoms with Crippen molar-refractivity contribution in [3.63, 3.8) is 0 Å². The van der Waals surface area contributed by atoms with Crippen LogP contribution in [0.3, 0.4) is 0 Å². The number of ether oxygens (including phenoxy) is 1. The van der Waals surface area contributed by atoms with Gasteiger partial charge >= 0.3 is 0 Å². The minimum absolute atomic E-state index is 0.0972. The van der Waals surface area contributed by atoms with Gasteiger partial charge in [-0.15, -0.1) is 0 Å². The van der Waals surface area contributed by atoms with E-state index in [-0.39, 0.29) is 23.9 Å². The zero-order chi connectivity index (χ0) is 7.02. The number of carbonyl (C=O) groups excluding carboxylic acids is 1.